The van der Waals surface area contributed by atoms with Crippen molar-refractivity contribution in [3.63, 3.8) is 0 Å². The average molecular weight is 633 g/mol. The summed E-state index contributed by atoms with van der Waals surface area (Å²) in [6.07, 6.45) is 0. The first-order chi connectivity index (χ1) is 24.2. The summed E-state index contributed by atoms with van der Waals surface area (Å²) in [7, 11) is 0. The predicted molar refractivity (Wildman–Crippen MR) is 193 cm³/mol. The van der Waals surface area contributed by atoms with Crippen LogP contribution in [0.2, 0.25) is 0 Å². The van der Waals surface area contributed by atoms with E-state index in [-0.39, 0.29) is 11.4 Å². The zero-order valence-corrected chi connectivity index (χ0v) is 25.9. The summed E-state index contributed by atoms with van der Waals surface area (Å²) in [6.45, 7) is 0. The van der Waals surface area contributed by atoms with Crippen LogP contribution in [0.4, 0.5) is 0 Å². The smallest absolute Gasteiger partial charge is 0.310 e. The molecule has 0 N–H and O–H groups in total. The quantitative estimate of drug-likeness (QED) is 0.193. The number of aromatic nitrogens is 6. The van der Waals surface area contributed by atoms with Crippen molar-refractivity contribution in [2.75, 3.05) is 0 Å². The molecule has 0 radical (unpaired) electrons. The van der Waals surface area contributed by atoms with Crippen molar-refractivity contribution < 1.29 is 4.42 Å². The van der Waals surface area contributed by atoms with E-state index in [0.717, 1.165) is 44.2 Å². The summed E-state index contributed by atoms with van der Waals surface area (Å²) in [5.41, 5.74) is 7.35. The molecule has 6 aromatic carbocycles. The Balaban J connectivity index is 1.21. The number of hydrogen-bond donors (Lipinski definition) is 0. The molecule has 0 fully saturated rings. The highest BCUT2D eigenvalue weighted by Crippen LogP contribution is 2.37. The van der Waals surface area contributed by atoms with Gasteiger partial charge in [0.2, 0.25) is 0 Å². The maximum absolute atomic E-state index is 13.6. The molecule has 0 aliphatic heterocycles. The highest BCUT2D eigenvalue weighted by Gasteiger charge is 2.21. The fourth-order valence-corrected chi connectivity index (χ4v) is 6.79. The van der Waals surface area contributed by atoms with E-state index in [1.165, 1.54) is 0 Å². The Kier molecular flexibility index (Phi) is 5.86. The zero-order valence-electron chi connectivity index (χ0n) is 25.9. The number of nitrogens with zero attached hydrogens (tertiary/aromatic N) is 6. The van der Waals surface area contributed by atoms with Crippen LogP contribution in [0.1, 0.15) is 0 Å². The van der Waals surface area contributed by atoms with Crippen LogP contribution in [0, 0.1) is 0 Å². The standard InChI is InChI=1S/C41H24N6O2/c48-40-30-19-8-10-21-34(30)49-41-42-36-33(47(40)41)23-22-32-35(36)29-18-7-9-20-31(29)46(32)28-17-11-16-27(24-28)39-44-37(25-12-3-1-4-13-25)43-38(45-39)26-14-5-2-6-15-26/h1-24H. The highest BCUT2D eigenvalue weighted by molar-refractivity contribution is 6.20. The first-order valence-corrected chi connectivity index (χ1v) is 16.0. The third-order valence-electron chi connectivity index (χ3n) is 9.01. The van der Waals surface area contributed by atoms with Crippen molar-refractivity contribution >= 4 is 49.7 Å². The normalized spacial score (nSPS) is 11.8. The average Bonchev–Trinajstić information content (AvgIpc) is 3.71. The fourth-order valence-electron chi connectivity index (χ4n) is 6.79. The lowest BCUT2D eigenvalue weighted by Crippen LogP contribution is -2.12. The number of benzene rings is 6. The van der Waals surface area contributed by atoms with Gasteiger partial charge in [0, 0.05) is 33.2 Å². The summed E-state index contributed by atoms with van der Waals surface area (Å²) >= 11 is 0. The molecule has 8 nitrogen and oxygen atoms in total. The van der Waals surface area contributed by atoms with Crippen LogP contribution >= 0.6 is 0 Å². The SMILES string of the molecule is O=c1c2ccccc2oc2nc3c4c5ccccc5n(-c5cccc(-c6nc(-c7ccccc7)nc(-c7ccccc7)n6)c5)c4ccc3n12. The molecule has 0 bridgehead atoms. The molecule has 0 unspecified atom stereocenters. The maximum atomic E-state index is 13.6. The van der Waals surface area contributed by atoms with Gasteiger partial charge < -0.3 is 8.98 Å². The Bertz CT molecular complexity index is 2910. The third-order valence-corrected chi connectivity index (χ3v) is 9.01. The van der Waals surface area contributed by atoms with Crippen LogP contribution in [-0.4, -0.2) is 28.9 Å². The van der Waals surface area contributed by atoms with Crippen LogP contribution in [0.15, 0.2) is 155 Å². The molecular formula is C41H24N6O2. The summed E-state index contributed by atoms with van der Waals surface area (Å²) in [5, 5.41) is 2.48. The molecule has 0 saturated heterocycles. The molecule has 0 spiro atoms. The molecule has 0 aliphatic carbocycles. The topological polar surface area (TPSA) is 91.1 Å². The van der Waals surface area contributed by atoms with E-state index < -0.39 is 0 Å². The molecule has 230 valence electrons. The van der Waals surface area contributed by atoms with Gasteiger partial charge in [-0.25, -0.2) is 19.4 Å². The lowest BCUT2D eigenvalue weighted by molar-refractivity contribution is 0.616. The number of fused-ring (bicyclic) bond motifs is 8. The summed E-state index contributed by atoms with van der Waals surface area (Å²) in [5.74, 6) is 2.06. The first-order valence-electron chi connectivity index (χ1n) is 16.0. The molecular weight excluding hydrogens is 608 g/mol. The van der Waals surface area contributed by atoms with Crippen LogP contribution in [0.25, 0.3) is 89.5 Å². The maximum Gasteiger partial charge on any atom is 0.310 e. The third kappa shape index (κ3) is 4.21. The monoisotopic (exact) mass is 632 g/mol. The number of hydrogen-bond acceptors (Lipinski definition) is 6. The second kappa shape index (κ2) is 10.5. The van der Waals surface area contributed by atoms with Crippen molar-refractivity contribution in [1.29, 1.82) is 0 Å². The van der Waals surface area contributed by atoms with Gasteiger partial charge in [-0.15, -0.1) is 0 Å². The van der Waals surface area contributed by atoms with E-state index in [1.54, 1.807) is 16.5 Å². The van der Waals surface area contributed by atoms with Crippen molar-refractivity contribution in [3.05, 3.63) is 156 Å². The summed E-state index contributed by atoms with van der Waals surface area (Å²) < 4.78 is 9.93. The Hall–Kier alpha value is -6.93. The van der Waals surface area contributed by atoms with Crippen molar-refractivity contribution in [3.8, 4) is 39.9 Å². The largest absolute Gasteiger partial charge is 0.424 e. The van der Waals surface area contributed by atoms with E-state index in [4.69, 9.17) is 24.4 Å². The molecule has 4 aromatic heterocycles. The molecule has 0 amide bonds. The van der Waals surface area contributed by atoms with Gasteiger partial charge in [-0.3, -0.25) is 4.79 Å². The van der Waals surface area contributed by atoms with E-state index >= 15 is 0 Å². The lowest BCUT2D eigenvalue weighted by atomic mass is 10.1. The van der Waals surface area contributed by atoms with Gasteiger partial charge >= 0.3 is 5.84 Å². The van der Waals surface area contributed by atoms with Gasteiger partial charge in [0.1, 0.15) is 11.1 Å². The highest BCUT2D eigenvalue weighted by atomic mass is 16.4. The molecule has 8 heteroatoms. The molecule has 0 aliphatic rings. The molecule has 4 heterocycles. The van der Waals surface area contributed by atoms with Gasteiger partial charge in [0.05, 0.1) is 21.9 Å². The molecule has 49 heavy (non-hydrogen) atoms. The van der Waals surface area contributed by atoms with Crippen molar-refractivity contribution in [2.45, 2.75) is 0 Å². The minimum atomic E-state index is -0.155. The van der Waals surface area contributed by atoms with E-state index in [2.05, 4.69) is 34.9 Å². The Labute approximate surface area is 278 Å². The van der Waals surface area contributed by atoms with Crippen LogP contribution in [0.5, 0.6) is 0 Å². The Morgan fingerprint density at radius 1 is 0.490 bits per heavy atom. The van der Waals surface area contributed by atoms with E-state index in [9.17, 15) is 4.79 Å². The van der Waals surface area contributed by atoms with E-state index in [1.807, 2.05) is 103 Å². The molecule has 10 aromatic rings. The van der Waals surface area contributed by atoms with Gasteiger partial charge in [-0.1, -0.05) is 103 Å². The first kappa shape index (κ1) is 27.2. The second-order valence-electron chi connectivity index (χ2n) is 11.9. The van der Waals surface area contributed by atoms with E-state index in [0.29, 0.717) is 39.5 Å². The second-order valence-corrected chi connectivity index (χ2v) is 11.9. The van der Waals surface area contributed by atoms with Gasteiger partial charge in [-0.2, -0.15) is 4.98 Å². The Morgan fingerprint density at radius 3 is 1.82 bits per heavy atom. The molecule has 0 atom stereocenters. The predicted octanol–water partition coefficient (Wildman–Crippen LogP) is 8.88. The number of rotatable bonds is 4. The van der Waals surface area contributed by atoms with Gasteiger partial charge in [0.25, 0.3) is 5.56 Å². The minimum Gasteiger partial charge on any atom is -0.424 e. The Morgan fingerprint density at radius 2 is 1.08 bits per heavy atom. The van der Waals surface area contributed by atoms with Crippen LogP contribution in [-0.2, 0) is 0 Å². The van der Waals surface area contributed by atoms with Gasteiger partial charge in [0.15, 0.2) is 17.5 Å². The number of para-hydroxylation sites is 2. The minimum absolute atomic E-state index is 0.155. The summed E-state index contributed by atoms with van der Waals surface area (Å²) in [6, 6.07) is 47.7. The molecule has 0 saturated carbocycles. The van der Waals surface area contributed by atoms with Crippen molar-refractivity contribution in [2.24, 2.45) is 0 Å². The zero-order chi connectivity index (χ0) is 32.5. The van der Waals surface area contributed by atoms with Crippen LogP contribution < -0.4 is 5.56 Å². The summed E-state index contributed by atoms with van der Waals surface area (Å²) in [4.78, 5) is 33.3. The molecule has 10 rings (SSSR count). The lowest BCUT2D eigenvalue weighted by Gasteiger charge is -2.11. The number of imidazole rings is 1. The fraction of sp³-hybridized carbons (Fsp3) is 0. The van der Waals surface area contributed by atoms with Crippen molar-refractivity contribution in [1.82, 2.24) is 28.9 Å². The van der Waals surface area contributed by atoms with Crippen LogP contribution in [0.3, 0.4) is 0 Å². The van der Waals surface area contributed by atoms with Gasteiger partial charge in [-0.05, 0) is 42.5 Å².